The number of nitrogens with zero attached hydrogens (tertiary/aromatic N) is 4. The van der Waals surface area contributed by atoms with E-state index in [4.69, 9.17) is 9.72 Å². The molecule has 0 saturated carbocycles. The summed E-state index contributed by atoms with van der Waals surface area (Å²) in [6.07, 6.45) is 7.79. The predicted molar refractivity (Wildman–Crippen MR) is 113 cm³/mol. The quantitative estimate of drug-likeness (QED) is 0.572. The predicted octanol–water partition coefficient (Wildman–Crippen LogP) is 3.39. The molecule has 4 aromatic rings. The van der Waals surface area contributed by atoms with Crippen molar-refractivity contribution < 1.29 is 4.74 Å². The standard InChI is InChI=1S/C23H23N5O/c1-2-6-18(7-3-1)22-23(27(17-26-22)16-20-15-25-11-13-29-20)21-9-5-12-28(21)19-8-4-10-24-14-19/h1-10,12,14,17,20,25H,11,13,15-16H2/t20-/m0/s1. The number of benzene rings is 1. The lowest BCUT2D eigenvalue weighted by atomic mass is 10.1. The highest BCUT2D eigenvalue weighted by Gasteiger charge is 2.22. The molecule has 1 N–H and O–H groups in total. The van der Waals surface area contributed by atoms with E-state index in [-0.39, 0.29) is 6.10 Å². The van der Waals surface area contributed by atoms with Crippen LogP contribution in [0.5, 0.6) is 0 Å². The smallest absolute Gasteiger partial charge is 0.0978 e. The summed E-state index contributed by atoms with van der Waals surface area (Å²) in [4.78, 5) is 9.09. The summed E-state index contributed by atoms with van der Waals surface area (Å²) in [6, 6.07) is 18.5. The average molecular weight is 385 g/mol. The molecule has 0 bridgehead atoms. The second kappa shape index (κ2) is 8.03. The van der Waals surface area contributed by atoms with Gasteiger partial charge in [0.2, 0.25) is 0 Å². The molecule has 29 heavy (non-hydrogen) atoms. The summed E-state index contributed by atoms with van der Waals surface area (Å²) in [7, 11) is 0. The monoisotopic (exact) mass is 385 g/mol. The lowest BCUT2D eigenvalue weighted by Crippen LogP contribution is -2.40. The molecule has 1 aliphatic rings. The van der Waals surface area contributed by atoms with Gasteiger partial charge in [-0.2, -0.15) is 0 Å². The van der Waals surface area contributed by atoms with E-state index in [1.165, 1.54) is 0 Å². The van der Waals surface area contributed by atoms with Crippen LogP contribution in [0.4, 0.5) is 0 Å². The third-order valence-electron chi connectivity index (χ3n) is 5.21. The Bertz CT molecular complexity index is 1070. The molecular formula is C23H23N5O. The highest BCUT2D eigenvalue weighted by molar-refractivity contribution is 5.78. The van der Waals surface area contributed by atoms with E-state index in [2.05, 4.69) is 56.0 Å². The number of hydrogen-bond donors (Lipinski definition) is 1. The minimum Gasteiger partial charge on any atom is -0.374 e. The molecule has 6 nitrogen and oxygen atoms in total. The number of rotatable bonds is 5. The van der Waals surface area contributed by atoms with Crippen molar-refractivity contribution in [2.24, 2.45) is 0 Å². The highest BCUT2D eigenvalue weighted by atomic mass is 16.5. The van der Waals surface area contributed by atoms with E-state index < -0.39 is 0 Å². The van der Waals surface area contributed by atoms with Crippen LogP contribution >= 0.6 is 0 Å². The van der Waals surface area contributed by atoms with Gasteiger partial charge in [0, 0.05) is 31.0 Å². The molecule has 1 saturated heterocycles. The van der Waals surface area contributed by atoms with E-state index in [1.807, 2.05) is 36.8 Å². The summed E-state index contributed by atoms with van der Waals surface area (Å²) in [5.41, 5.74) is 5.26. The van der Waals surface area contributed by atoms with Crippen LogP contribution in [0.25, 0.3) is 28.3 Å². The van der Waals surface area contributed by atoms with Gasteiger partial charge >= 0.3 is 0 Å². The zero-order chi connectivity index (χ0) is 19.5. The molecule has 1 aliphatic heterocycles. The van der Waals surface area contributed by atoms with Crippen molar-refractivity contribution in [2.45, 2.75) is 12.6 Å². The van der Waals surface area contributed by atoms with Crippen molar-refractivity contribution >= 4 is 0 Å². The van der Waals surface area contributed by atoms with Crippen molar-refractivity contribution in [1.29, 1.82) is 0 Å². The lowest BCUT2D eigenvalue weighted by molar-refractivity contribution is 0.0184. The number of morpholine rings is 1. The fourth-order valence-electron chi connectivity index (χ4n) is 3.85. The van der Waals surface area contributed by atoms with Crippen molar-refractivity contribution in [3.05, 3.63) is 79.5 Å². The maximum Gasteiger partial charge on any atom is 0.0978 e. The molecule has 1 atom stereocenters. The van der Waals surface area contributed by atoms with Gasteiger partial charge in [0.15, 0.2) is 0 Å². The van der Waals surface area contributed by atoms with Gasteiger partial charge in [-0.3, -0.25) is 4.98 Å². The van der Waals surface area contributed by atoms with Gasteiger partial charge in [0.1, 0.15) is 0 Å². The molecule has 1 fully saturated rings. The van der Waals surface area contributed by atoms with E-state index in [1.54, 1.807) is 6.20 Å². The Morgan fingerprint density at radius 2 is 2.00 bits per heavy atom. The Hall–Kier alpha value is -3.22. The van der Waals surface area contributed by atoms with Gasteiger partial charge in [0.25, 0.3) is 0 Å². The van der Waals surface area contributed by atoms with Gasteiger partial charge in [-0.15, -0.1) is 0 Å². The van der Waals surface area contributed by atoms with Gasteiger partial charge in [-0.05, 0) is 24.3 Å². The molecule has 6 heteroatoms. The van der Waals surface area contributed by atoms with Crippen molar-refractivity contribution in [3.63, 3.8) is 0 Å². The molecule has 1 aromatic carbocycles. The van der Waals surface area contributed by atoms with E-state index in [9.17, 15) is 0 Å². The van der Waals surface area contributed by atoms with Crippen LogP contribution < -0.4 is 5.32 Å². The summed E-state index contributed by atoms with van der Waals surface area (Å²) in [5, 5.41) is 3.41. The highest BCUT2D eigenvalue weighted by Crippen LogP contribution is 2.33. The number of nitrogens with one attached hydrogen (secondary N) is 1. The lowest BCUT2D eigenvalue weighted by Gasteiger charge is -2.25. The van der Waals surface area contributed by atoms with Crippen LogP contribution in [0.3, 0.4) is 0 Å². The maximum absolute atomic E-state index is 5.96. The van der Waals surface area contributed by atoms with E-state index in [0.29, 0.717) is 0 Å². The minimum absolute atomic E-state index is 0.127. The number of pyridine rings is 1. The first-order valence-electron chi connectivity index (χ1n) is 9.91. The molecule has 4 heterocycles. The summed E-state index contributed by atoms with van der Waals surface area (Å²) < 4.78 is 10.3. The molecule has 5 rings (SSSR count). The third kappa shape index (κ3) is 3.60. The largest absolute Gasteiger partial charge is 0.374 e. The Balaban J connectivity index is 1.62. The SMILES string of the molecule is c1ccc(-c2ncn(C[C@@H]3CNCCO3)c2-c2cccn2-c2cccnc2)cc1. The molecule has 3 aromatic heterocycles. The number of imidazole rings is 1. The summed E-state index contributed by atoms with van der Waals surface area (Å²) in [6.45, 7) is 3.25. The van der Waals surface area contributed by atoms with E-state index in [0.717, 1.165) is 54.6 Å². The Kier molecular flexibility index (Phi) is 4.94. The molecule has 146 valence electrons. The van der Waals surface area contributed by atoms with E-state index >= 15 is 0 Å². The first-order valence-corrected chi connectivity index (χ1v) is 9.91. The van der Waals surface area contributed by atoms with Gasteiger partial charge in [0.05, 0.1) is 54.5 Å². The molecule has 0 amide bonds. The topological polar surface area (TPSA) is 56.9 Å². The third-order valence-corrected chi connectivity index (χ3v) is 5.21. The molecular weight excluding hydrogens is 362 g/mol. The number of hydrogen-bond acceptors (Lipinski definition) is 4. The van der Waals surface area contributed by atoms with Gasteiger partial charge in [-0.1, -0.05) is 30.3 Å². The van der Waals surface area contributed by atoms with Gasteiger partial charge in [-0.25, -0.2) is 4.98 Å². The average Bonchev–Trinajstić information content (AvgIpc) is 3.42. The fourth-order valence-corrected chi connectivity index (χ4v) is 3.85. The van der Waals surface area contributed by atoms with Gasteiger partial charge < -0.3 is 19.2 Å². The molecule has 0 radical (unpaired) electrons. The zero-order valence-electron chi connectivity index (χ0n) is 16.1. The summed E-state index contributed by atoms with van der Waals surface area (Å²) in [5.74, 6) is 0. The van der Waals surface area contributed by atoms with Crippen LogP contribution in [0.15, 0.2) is 79.5 Å². The number of aromatic nitrogens is 4. The zero-order valence-corrected chi connectivity index (χ0v) is 16.1. The first kappa shape index (κ1) is 17.8. The number of ether oxygens (including phenoxy) is 1. The van der Waals surface area contributed by atoms with Crippen LogP contribution in [0.2, 0.25) is 0 Å². The molecule has 0 unspecified atom stereocenters. The fraction of sp³-hybridized carbons (Fsp3) is 0.217. The Morgan fingerprint density at radius 3 is 2.79 bits per heavy atom. The van der Waals surface area contributed by atoms with Crippen LogP contribution in [0.1, 0.15) is 0 Å². The molecule has 0 aliphatic carbocycles. The Labute approximate surface area is 169 Å². The normalized spacial score (nSPS) is 16.8. The second-order valence-electron chi connectivity index (χ2n) is 7.13. The van der Waals surface area contributed by atoms with Crippen LogP contribution in [-0.4, -0.2) is 44.9 Å². The van der Waals surface area contributed by atoms with Crippen LogP contribution in [-0.2, 0) is 11.3 Å². The van der Waals surface area contributed by atoms with Crippen molar-refractivity contribution in [1.82, 2.24) is 24.4 Å². The first-order chi connectivity index (χ1) is 14.4. The maximum atomic E-state index is 5.96. The minimum atomic E-state index is 0.127. The second-order valence-corrected chi connectivity index (χ2v) is 7.13. The van der Waals surface area contributed by atoms with Crippen LogP contribution in [0, 0.1) is 0 Å². The molecule has 0 spiro atoms. The van der Waals surface area contributed by atoms with Crippen molar-refractivity contribution in [3.8, 4) is 28.3 Å². The summed E-state index contributed by atoms with van der Waals surface area (Å²) >= 11 is 0. The Morgan fingerprint density at radius 1 is 1.07 bits per heavy atom. The van der Waals surface area contributed by atoms with Crippen molar-refractivity contribution in [2.75, 3.05) is 19.7 Å².